The van der Waals surface area contributed by atoms with Gasteiger partial charge in [0.05, 0.1) is 0 Å². The minimum Gasteiger partial charge on any atom is -0.481 e. The zero-order valence-electron chi connectivity index (χ0n) is 24.4. The van der Waals surface area contributed by atoms with E-state index in [1.54, 1.807) is 5.57 Å². The molecule has 0 aromatic heterocycles. The molecule has 8 atom stereocenters. The molecule has 3 fully saturated rings. The highest BCUT2D eigenvalue weighted by atomic mass is 16.5. The molecule has 4 rings (SSSR count). The van der Waals surface area contributed by atoms with Gasteiger partial charge < -0.3 is 9.84 Å². The fraction of sp³-hybridized carbons (Fsp3) is 0.879. The van der Waals surface area contributed by atoms with E-state index in [2.05, 4.69) is 40.7 Å². The van der Waals surface area contributed by atoms with Crippen molar-refractivity contribution in [1.29, 1.82) is 0 Å². The summed E-state index contributed by atoms with van der Waals surface area (Å²) in [6, 6.07) is 0. The van der Waals surface area contributed by atoms with Gasteiger partial charge in [0.1, 0.15) is 6.10 Å². The number of carbonyl (C=O) groups is 2. The second-order valence-corrected chi connectivity index (χ2v) is 14.2. The second kappa shape index (κ2) is 11.8. The first-order valence-electron chi connectivity index (χ1n) is 15.7. The molecule has 0 spiro atoms. The predicted octanol–water partition coefficient (Wildman–Crippen LogP) is 8.58. The number of hydrogen-bond donors (Lipinski definition) is 1. The molecule has 4 aliphatic rings. The van der Waals surface area contributed by atoms with Crippen LogP contribution >= 0.6 is 0 Å². The first kappa shape index (κ1) is 28.7. The fourth-order valence-electron chi connectivity index (χ4n) is 9.54. The van der Waals surface area contributed by atoms with Crippen molar-refractivity contribution < 1.29 is 19.4 Å². The molecular weight excluding hydrogens is 460 g/mol. The van der Waals surface area contributed by atoms with Crippen LogP contribution in [0.5, 0.6) is 0 Å². The summed E-state index contributed by atoms with van der Waals surface area (Å²) in [6.45, 7) is 12.5. The molecule has 0 amide bonds. The Morgan fingerprint density at radius 2 is 1.73 bits per heavy atom. The third kappa shape index (κ3) is 6.14. The van der Waals surface area contributed by atoms with E-state index >= 15 is 0 Å². The number of carbonyl (C=O) groups excluding carboxylic acids is 1. The average molecular weight is 515 g/mol. The Hall–Kier alpha value is -1.32. The van der Waals surface area contributed by atoms with Gasteiger partial charge in [-0.1, -0.05) is 65.5 Å². The number of esters is 1. The maximum atomic E-state index is 12.4. The van der Waals surface area contributed by atoms with E-state index in [9.17, 15) is 9.59 Å². The number of rotatable bonds is 11. The predicted molar refractivity (Wildman–Crippen MR) is 149 cm³/mol. The van der Waals surface area contributed by atoms with Gasteiger partial charge in [0, 0.05) is 19.3 Å². The van der Waals surface area contributed by atoms with E-state index < -0.39 is 5.97 Å². The van der Waals surface area contributed by atoms with Gasteiger partial charge in [0.15, 0.2) is 0 Å². The lowest BCUT2D eigenvalue weighted by molar-refractivity contribution is -0.152. The third-order valence-corrected chi connectivity index (χ3v) is 11.6. The second-order valence-electron chi connectivity index (χ2n) is 14.2. The van der Waals surface area contributed by atoms with E-state index in [0.29, 0.717) is 24.7 Å². The summed E-state index contributed by atoms with van der Waals surface area (Å²) in [7, 11) is 0. The molecule has 0 saturated heterocycles. The lowest BCUT2D eigenvalue weighted by Gasteiger charge is -2.58. The van der Waals surface area contributed by atoms with Gasteiger partial charge in [0.2, 0.25) is 0 Å². The number of ether oxygens (including phenoxy) is 1. The van der Waals surface area contributed by atoms with E-state index in [-0.39, 0.29) is 23.9 Å². The number of unbranched alkanes of at least 4 members (excludes halogenated alkanes) is 1. The summed E-state index contributed by atoms with van der Waals surface area (Å²) < 4.78 is 5.87. The maximum absolute atomic E-state index is 12.4. The van der Waals surface area contributed by atoms with Crippen molar-refractivity contribution in [3.63, 3.8) is 0 Å². The quantitative estimate of drug-likeness (QED) is 0.170. The van der Waals surface area contributed by atoms with Crippen molar-refractivity contribution in [2.24, 2.45) is 46.3 Å². The number of allylic oxidation sites excluding steroid dienone is 1. The van der Waals surface area contributed by atoms with Crippen molar-refractivity contribution in [3.8, 4) is 0 Å². The van der Waals surface area contributed by atoms with Crippen molar-refractivity contribution in [1.82, 2.24) is 0 Å². The molecule has 3 saturated carbocycles. The largest absolute Gasteiger partial charge is 0.481 e. The Morgan fingerprint density at radius 3 is 2.46 bits per heavy atom. The first-order chi connectivity index (χ1) is 17.5. The van der Waals surface area contributed by atoms with Gasteiger partial charge in [-0.3, -0.25) is 9.59 Å². The van der Waals surface area contributed by atoms with Gasteiger partial charge in [0.25, 0.3) is 0 Å². The van der Waals surface area contributed by atoms with Crippen LogP contribution in [0.1, 0.15) is 131 Å². The van der Waals surface area contributed by atoms with E-state index in [1.807, 2.05) is 0 Å². The van der Waals surface area contributed by atoms with Gasteiger partial charge in [-0.25, -0.2) is 0 Å². The number of hydrogen-bond acceptors (Lipinski definition) is 3. The number of carboxylic acids is 1. The van der Waals surface area contributed by atoms with Gasteiger partial charge in [-0.2, -0.15) is 0 Å². The monoisotopic (exact) mass is 514 g/mol. The number of carboxylic acid groups (broad SMARTS) is 1. The van der Waals surface area contributed by atoms with Crippen LogP contribution in [-0.2, 0) is 14.3 Å². The van der Waals surface area contributed by atoms with Gasteiger partial charge >= 0.3 is 11.9 Å². The Bertz CT molecular complexity index is 845. The van der Waals surface area contributed by atoms with Crippen molar-refractivity contribution in [2.45, 2.75) is 137 Å². The van der Waals surface area contributed by atoms with Gasteiger partial charge in [-0.05, 0) is 104 Å². The van der Waals surface area contributed by atoms with Crippen LogP contribution in [0.2, 0.25) is 0 Å². The molecule has 0 heterocycles. The molecule has 37 heavy (non-hydrogen) atoms. The molecule has 0 aliphatic heterocycles. The van der Waals surface area contributed by atoms with Crippen molar-refractivity contribution in [3.05, 3.63) is 11.6 Å². The Kier molecular flexibility index (Phi) is 9.17. The Balaban J connectivity index is 1.35. The van der Waals surface area contributed by atoms with Crippen LogP contribution < -0.4 is 0 Å². The van der Waals surface area contributed by atoms with E-state index in [4.69, 9.17) is 9.84 Å². The summed E-state index contributed by atoms with van der Waals surface area (Å²) in [5.41, 5.74) is 2.35. The highest BCUT2D eigenvalue weighted by Gasteiger charge is 2.59. The summed E-state index contributed by atoms with van der Waals surface area (Å²) in [4.78, 5) is 23.1. The lowest BCUT2D eigenvalue weighted by atomic mass is 9.47. The molecular formula is C33H54O4. The highest BCUT2D eigenvalue weighted by molar-refractivity contribution is 5.70. The molecule has 4 heteroatoms. The zero-order chi connectivity index (χ0) is 26.8. The SMILES string of the molecule is CC(C)CCC[C@@H](C)[C@H]1CC[C@H]2[C@@H]3CC=C4CC(OC(=O)CCCCC(=O)O)CC[C@]4(C)[C@H]3CC[C@]12C. The molecule has 0 aromatic carbocycles. The number of fused-ring (bicyclic) bond motifs is 5. The van der Waals surface area contributed by atoms with Crippen LogP contribution in [0.25, 0.3) is 0 Å². The molecule has 1 unspecified atom stereocenters. The van der Waals surface area contributed by atoms with Crippen LogP contribution in [0.4, 0.5) is 0 Å². The third-order valence-electron chi connectivity index (χ3n) is 11.6. The van der Waals surface area contributed by atoms with Crippen molar-refractivity contribution in [2.75, 3.05) is 0 Å². The first-order valence-corrected chi connectivity index (χ1v) is 15.7. The normalized spacial score (nSPS) is 37.8. The Labute approximate surface area is 226 Å². The standard InChI is InChI=1S/C33H54O4/c1-22(2)9-8-10-23(3)27-15-16-28-26-14-13-24-21-25(37-31(36)12-7-6-11-30(34)35)17-19-32(24,4)29(26)18-20-33(27,28)5/h13,22-23,25-29H,6-12,14-21H2,1-5H3,(H,34,35)/t23-,25?,26+,27-,28+,29+,32+,33-/m1/s1. The molecule has 0 bridgehead atoms. The molecule has 210 valence electrons. The van der Waals surface area contributed by atoms with Gasteiger partial charge in [-0.15, -0.1) is 0 Å². The molecule has 4 aliphatic carbocycles. The molecule has 1 N–H and O–H groups in total. The maximum Gasteiger partial charge on any atom is 0.306 e. The summed E-state index contributed by atoms with van der Waals surface area (Å²) in [5, 5.41) is 8.78. The minimum absolute atomic E-state index is 0.000690. The highest BCUT2D eigenvalue weighted by Crippen LogP contribution is 2.67. The zero-order valence-corrected chi connectivity index (χ0v) is 24.4. The summed E-state index contributed by atoms with van der Waals surface area (Å²) in [6.07, 6.45) is 18.2. The minimum atomic E-state index is -0.797. The van der Waals surface area contributed by atoms with E-state index in [1.165, 1.54) is 51.4 Å². The summed E-state index contributed by atoms with van der Waals surface area (Å²) in [5.74, 6) is 4.11. The summed E-state index contributed by atoms with van der Waals surface area (Å²) >= 11 is 0. The van der Waals surface area contributed by atoms with E-state index in [0.717, 1.165) is 54.8 Å². The lowest BCUT2D eigenvalue weighted by Crippen LogP contribution is -2.51. The molecule has 4 nitrogen and oxygen atoms in total. The smallest absolute Gasteiger partial charge is 0.306 e. The molecule has 0 radical (unpaired) electrons. The van der Waals surface area contributed by atoms with Crippen molar-refractivity contribution >= 4 is 11.9 Å². The fourth-order valence-corrected chi connectivity index (χ4v) is 9.54. The topological polar surface area (TPSA) is 63.6 Å². The Morgan fingerprint density at radius 1 is 0.973 bits per heavy atom. The van der Waals surface area contributed by atoms with Crippen LogP contribution in [0.15, 0.2) is 11.6 Å². The number of aliphatic carboxylic acids is 1. The molecule has 0 aromatic rings. The van der Waals surface area contributed by atoms with Crippen LogP contribution in [0.3, 0.4) is 0 Å². The van der Waals surface area contributed by atoms with Crippen LogP contribution in [-0.4, -0.2) is 23.1 Å². The van der Waals surface area contributed by atoms with Crippen LogP contribution in [0, 0.1) is 46.3 Å². The average Bonchev–Trinajstić information content (AvgIpc) is 3.19.